The quantitative estimate of drug-likeness (QED) is 0.861. The molecule has 0 saturated carbocycles. The van der Waals surface area contributed by atoms with Crippen molar-refractivity contribution in [3.8, 4) is 5.75 Å². The number of hydrogen-bond donors (Lipinski definition) is 2. The lowest BCUT2D eigenvalue weighted by Gasteiger charge is -2.24. The first-order valence-electron chi connectivity index (χ1n) is 7.29. The van der Waals surface area contributed by atoms with Gasteiger partial charge in [-0.2, -0.15) is 0 Å². The lowest BCUT2D eigenvalue weighted by atomic mass is 10.1. The Labute approximate surface area is 144 Å². The lowest BCUT2D eigenvalue weighted by molar-refractivity contribution is -0.122. The van der Waals surface area contributed by atoms with Gasteiger partial charge in [0.05, 0.1) is 27.8 Å². The van der Waals surface area contributed by atoms with Crippen LogP contribution in [0.25, 0.3) is 0 Å². The molecular weight excluding hydrogens is 350 g/mol. The number of anilines is 1. The topological polar surface area (TPSA) is 97.4 Å². The number of nitrogens with one attached hydrogen (secondary N) is 2. The summed E-state index contributed by atoms with van der Waals surface area (Å²) in [5, 5.41) is 5.40. The number of carbonyl (C=O) groups excluding carboxylic acids is 1. The molecule has 1 unspecified atom stereocenters. The van der Waals surface area contributed by atoms with Gasteiger partial charge in [0.25, 0.3) is 5.91 Å². The molecule has 2 N–H and O–H groups in total. The molecule has 0 radical (unpaired) electrons. The molecule has 1 aliphatic rings. The third kappa shape index (κ3) is 3.28. The second-order valence-electron chi connectivity index (χ2n) is 5.55. The number of rotatable bonds is 4. The Balaban J connectivity index is 1.87. The van der Waals surface area contributed by atoms with Crippen molar-refractivity contribution in [2.45, 2.75) is 38.3 Å². The zero-order valence-electron chi connectivity index (χ0n) is 13.4. The summed E-state index contributed by atoms with van der Waals surface area (Å²) < 4.78 is 33.2. The van der Waals surface area contributed by atoms with E-state index in [-0.39, 0.29) is 17.3 Å². The monoisotopic (exact) mass is 367 g/mol. The molecule has 0 spiro atoms. The standard InChI is InChI=1S/C15H17N3O4S2/c1-8-4-12-13(22-9(2)15(19)18-12)5-14(8)24(20,21)16-6-11-7-23-10(3)17-11/h4-5,7,9,16H,6H2,1-3H3,(H,18,19). The van der Waals surface area contributed by atoms with E-state index < -0.39 is 16.1 Å². The second kappa shape index (κ2) is 6.15. The number of hydrogen-bond acceptors (Lipinski definition) is 6. The van der Waals surface area contributed by atoms with Gasteiger partial charge in [0, 0.05) is 11.4 Å². The van der Waals surface area contributed by atoms with E-state index in [4.69, 9.17) is 4.74 Å². The molecule has 0 aliphatic carbocycles. The Hall–Kier alpha value is -1.97. The van der Waals surface area contributed by atoms with Gasteiger partial charge >= 0.3 is 0 Å². The number of aryl methyl sites for hydroxylation is 2. The SMILES string of the molecule is Cc1nc(CNS(=O)(=O)c2cc3c(cc2C)NC(=O)C(C)O3)cs1. The first-order valence-corrected chi connectivity index (χ1v) is 9.65. The molecule has 7 nitrogen and oxygen atoms in total. The van der Waals surface area contributed by atoms with Crippen LogP contribution < -0.4 is 14.8 Å². The van der Waals surface area contributed by atoms with Crippen molar-refractivity contribution in [2.24, 2.45) is 0 Å². The van der Waals surface area contributed by atoms with Crippen LogP contribution >= 0.6 is 11.3 Å². The highest BCUT2D eigenvalue weighted by Crippen LogP contribution is 2.34. The smallest absolute Gasteiger partial charge is 0.265 e. The molecule has 2 heterocycles. The molecule has 1 atom stereocenters. The van der Waals surface area contributed by atoms with Crippen LogP contribution in [0.1, 0.15) is 23.2 Å². The van der Waals surface area contributed by atoms with Gasteiger partial charge in [-0.15, -0.1) is 11.3 Å². The minimum Gasteiger partial charge on any atom is -0.479 e. The van der Waals surface area contributed by atoms with E-state index in [1.807, 2.05) is 12.3 Å². The summed E-state index contributed by atoms with van der Waals surface area (Å²) in [5.74, 6) is 0.0899. The Morgan fingerprint density at radius 1 is 1.38 bits per heavy atom. The van der Waals surface area contributed by atoms with E-state index in [9.17, 15) is 13.2 Å². The van der Waals surface area contributed by atoms with E-state index >= 15 is 0 Å². The zero-order chi connectivity index (χ0) is 17.5. The molecule has 1 aromatic carbocycles. The van der Waals surface area contributed by atoms with Crippen LogP contribution in [0.4, 0.5) is 5.69 Å². The first kappa shape index (κ1) is 16.9. The summed E-state index contributed by atoms with van der Waals surface area (Å²) in [6.45, 7) is 5.27. The van der Waals surface area contributed by atoms with Crippen LogP contribution in [0, 0.1) is 13.8 Å². The Morgan fingerprint density at radius 3 is 2.79 bits per heavy atom. The van der Waals surface area contributed by atoms with Gasteiger partial charge in [0.15, 0.2) is 6.10 Å². The van der Waals surface area contributed by atoms with Crippen molar-refractivity contribution >= 4 is 33.0 Å². The number of amides is 1. The summed E-state index contributed by atoms with van der Waals surface area (Å²) in [4.78, 5) is 16.0. The maximum atomic E-state index is 12.6. The van der Waals surface area contributed by atoms with Crippen LogP contribution in [-0.4, -0.2) is 25.4 Å². The molecular formula is C15H17N3O4S2. The van der Waals surface area contributed by atoms with Crippen LogP contribution in [0.15, 0.2) is 22.4 Å². The van der Waals surface area contributed by atoms with Gasteiger partial charge in [-0.25, -0.2) is 18.1 Å². The number of nitrogens with zero attached hydrogens (tertiary/aromatic N) is 1. The number of ether oxygens (including phenoxy) is 1. The predicted octanol–water partition coefficient (Wildman–Crippen LogP) is 1.96. The van der Waals surface area contributed by atoms with E-state index in [2.05, 4.69) is 15.0 Å². The second-order valence-corrected chi connectivity index (χ2v) is 8.34. The number of benzene rings is 1. The van der Waals surface area contributed by atoms with Crippen molar-refractivity contribution in [1.29, 1.82) is 0 Å². The van der Waals surface area contributed by atoms with Gasteiger partial charge in [0.1, 0.15) is 5.75 Å². The fraction of sp³-hybridized carbons (Fsp3) is 0.333. The normalized spacial score (nSPS) is 17.1. The molecule has 0 saturated heterocycles. The highest BCUT2D eigenvalue weighted by Gasteiger charge is 2.27. The summed E-state index contributed by atoms with van der Waals surface area (Å²) in [6.07, 6.45) is -0.665. The number of aromatic nitrogens is 1. The maximum absolute atomic E-state index is 12.6. The fourth-order valence-corrected chi connectivity index (χ4v) is 4.22. The van der Waals surface area contributed by atoms with E-state index in [0.29, 0.717) is 22.7 Å². The van der Waals surface area contributed by atoms with Gasteiger partial charge in [0.2, 0.25) is 10.0 Å². The highest BCUT2D eigenvalue weighted by molar-refractivity contribution is 7.89. The number of sulfonamides is 1. The minimum atomic E-state index is -3.72. The third-order valence-corrected chi connectivity index (χ3v) is 5.97. The summed E-state index contributed by atoms with van der Waals surface area (Å²) in [5.41, 5.74) is 1.67. The Bertz CT molecular complexity index is 905. The summed E-state index contributed by atoms with van der Waals surface area (Å²) in [7, 11) is -3.72. The molecule has 0 bridgehead atoms. The molecule has 128 valence electrons. The van der Waals surface area contributed by atoms with E-state index in [0.717, 1.165) is 5.01 Å². The van der Waals surface area contributed by atoms with Crippen LogP contribution in [0.5, 0.6) is 5.75 Å². The maximum Gasteiger partial charge on any atom is 0.265 e. The van der Waals surface area contributed by atoms with Crippen molar-refractivity contribution in [2.75, 3.05) is 5.32 Å². The van der Waals surface area contributed by atoms with Gasteiger partial charge in [-0.1, -0.05) is 0 Å². The number of carbonyl (C=O) groups is 1. The minimum absolute atomic E-state index is 0.122. The summed E-state index contributed by atoms with van der Waals surface area (Å²) >= 11 is 1.47. The van der Waals surface area contributed by atoms with Gasteiger partial charge < -0.3 is 10.1 Å². The van der Waals surface area contributed by atoms with Crippen molar-refractivity contribution in [3.05, 3.63) is 33.8 Å². The molecule has 9 heteroatoms. The molecule has 2 aromatic rings. The Kier molecular flexibility index (Phi) is 4.33. The number of thiazole rings is 1. The van der Waals surface area contributed by atoms with Crippen LogP contribution in [-0.2, 0) is 21.4 Å². The number of fused-ring (bicyclic) bond motifs is 1. The molecule has 1 aromatic heterocycles. The third-order valence-electron chi connectivity index (χ3n) is 3.61. The zero-order valence-corrected chi connectivity index (χ0v) is 15.0. The van der Waals surface area contributed by atoms with Gasteiger partial charge in [-0.05, 0) is 32.4 Å². The largest absolute Gasteiger partial charge is 0.479 e. The first-order chi connectivity index (χ1) is 11.3. The Morgan fingerprint density at radius 2 is 2.12 bits per heavy atom. The molecule has 1 aliphatic heterocycles. The predicted molar refractivity (Wildman–Crippen MR) is 90.8 cm³/mol. The average molecular weight is 367 g/mol. The lowest BCUT2D eigenvalue weighted by Crippen LogP contribution is -2.34. The van der Waals surface area contributed by atoms with Crippen molar-refractivity contribution < 1.29 is 17.9 Å². The summed E-state index contributed by atoms with van der Waals surface area (Å²) in [6, 6.07) is 3.04. The molecule has 0 fully saturated rings. The molecule has 24 heavy (non-hydrogen) atoms. The highest BCUT2D eigenvalue weighted by atomic mass is 32.2. The van der Waals surface area contributed by atoms with Crippen molar-refractivity contribution in [1.82, 2.24) is 9.71 Å². The molecule has 1 amide bonds. The average Bonchev–Trinajstić information content (AvgIpc) is 2.92. The van der Waals surface area contributed by atoms with Gasteiger partial charge in [-0.3, -0.25) is 4.79 Å². The van der Waals surface area contributed by atoms with Crippen LogP contribution in [0.2, 0.25) is 0 Å². The van der Waals surface area contributed by atoms with Crippen LogP contribution in [0.3, 0.4) is 0 Å². The molecule has 3 rings (SSSR count). The fourth-order valence-electron chi connectivity index (χ4n) is 2.37. The van der Waals surface area contributed by atoms with E-state index in [1.54, 1.807) is 19.9 Å². The van der Waals surface area contributed by atoms with Crippen molar-refractivity contribution in [3.63, 3.8) is 0 Å². The van der Waals surface area contributed by atoms with E-state index in [1.165, 1.54) is 17.4 Å².